The van der Waals surface area contributed by atoms with E-state index in [0.717, 1.165) is 0 Å². The molecule has 1 rings (SSSR count). The molecule has 0 amide bonds. The van der Waals surface area contributed by atoms with Crippen LogP contribution in [0.2, 0.25) is 0 Å². The van der Waals surface area contributed by atoms with Crippen molar-refractivity contribution in [2.24, 2.45) is 5.90 Å². The molecular formula is C11H11NO4. The molecule has 0 heterocycles. The summed E-state index contributed by atoms with van der Waals surface area (Å²) in [6.45, 7) is 1.31. The van der Waals surface area contributed by atoms with Crippen LogP contribution in [0.4, 0.5) is 0 Å². The summed E-state index contributed by atoms with van der Waals surface area (Å²) in [6.07, 6.45) is -0.241. The van der Waals surface area contributed by atoms with Gasteiger partial charge in [0.15, 0.2) is 5.78 Å². The predicted molar refractivity (Wildman–Crippen MR) is 55.7 cm³/mol. The quantitative estimate of drug-likeness (QED) is 0.463. The first-order valence-corrected chi connectivity index (χ1v) is 4.59. The molecule has 0 aliphatic carbocycles. The number of Topliss-reactive ketones (excluding diaryl/α,β-unsaturated/α-hetero) is 2. The van der Waals surface area contributed by atoms with E-state index >= 15 is 0 Å². The van der Waals surface area contributed by atoms with Crippen LogP contribution < -0.4 is 5.90 Å². The Kier molecular flexibility index (Phi) is 3.90. The average Bonchev–Trinajstić information content (AvgIpc) is 2.27. The highest BCUT2D eigenvalue weighted by atomic mass is 16.7. The average molecular weight is 221 g/mol. The number of hydrogen-bond donors (Lipinski definition) is 1. The molecule has 0 bridgehead atoms. The van der Waals surface area contributed by atoms with Crippen molar-refractivity contribution in [3.63, 3.8) is 0 Å². The number of hydrogen-bond acceptors (Lipinski definition) is 5. The normalized spacial score (nSPS) is 9.62. The second kappa shape index (κ2) is 5.18. The maximum Gasteiger partial charge on any atom is 0.357 e. The maximum atomic E-state index is 11.6. The minimum atomic E-state index is -0.799. The van der Waals surface area contributed by atoms with Crippen LogP contribution in [0.1, 0.15) is 34.1 Å². The summed E-state index contributed by atoms with van der Waals surface area (Å²) in [7, 11) is 0. The minimum Gasteiger partial charge on any atom is -0.370 e. The van der Waals surface area contributed by atoms with Gasteiger partial charge in [0.1, 0.15) is 5.78 Å². The maximum absolute atomic E-state index is 11.6. The molecule has 0 aliphatic rings. The van der Waals surface area contributed by atoms with Crippen molar-refractivity contribution in [2.45, 2.75) is 13.3 Å². The first-order valence-electron chi connectivity index (χ1n) is 4.59. The van der Waals surface area contributed by atoms with Gasteiger partial charge in [0, 0.05) is 5.56 Å². The summed E-state index contributed by atoms with van der Waals surface area (Å²) < 4.78 is 0. The molecule has 84 valence electrons. The van der Waals surface area contributed by atoms with E-state index in [2.05, 4.69) is 4.84 Å². The van der Waals surface area contributed by atoms with Crippen LogP contribution in [-0.2, 0) is 9.63 Å². The number of ketones is 2. The third-order valence-corrected chi connectivity index (χ3v) is 1.96. The molecule has 0 atom stereocenters. The van der Waals surface area contributed by atoms with Crippen molar-refractivity contribution < 1.29 is 19.2 Å². The minimum absolute atomic E-state index is 0.0660. The van der Waals surface area contributed by atoms with Gasteiger partial charge in [0.2, 0.25) is 0 Å². The predicted octanol–water partition coefficient (Wildman–Crippen LogP) is 0.879. The van der Waals surface area contributed by atoms with Gasteiger partial charge in [0.05, 0.1) is 12.0 Å². The van der Waals surface area contributed by atoms with E-state index in [4.69, 9.17) is 5.90 Å². The molecular weight excluding hydrogens is 210 g/mol. The van der Waals surface area contributed by atoms with Crippen LogP contribution in [0.15, 0.2) is 24.3 Å². The van der Waals surface area contributed by atoms with Gasteiger partial charge in [-0.2, -0.15) is 5.90 Å². The first kappa shape index (κ1) is 12.1. The van der Waals surface area contributed by atoms with Crippen molar-refractivity contribution in [1.82, 2.24) is 0 Å². The highest BCUT2D eigenvalue weighted by Gasteiger charge is 2.18. The molecule has 0 unspecified atom stereocenters. The van der Waals surface area contributed by atoms with Crippen LogP contribution in [0, 0.1) is 0 Å². The van der Waals surface area contributed by atoms with Gasteiger partial charge < -0.3 is 4.84 Å². The van der Waals surface area contributed by atoms with E-state index in [9.17, 15) is 14.4 Å². The lowest BCUT2D eigenvalue weighted by atomic mass is 10.0. The number of carbonyl (C=O) groups is 3. The van der Waals surface area contributed by atoms with Gasteiger partial charge in [-0.3, -0.25) is 9.59 Å². The molecule has 1 aromatic carbocycles. The highest BCUT2D eigenvalue weighted by molar-refractivity contribution is 6.12. The van der Waals surface area contributed by atoms with Crippen molar-refractivity contribution in [3.05, 3.63) is 35.4 Å². The van der Waals surface area contributed by atoms with Gasteiger partial charge in [-0.05, 0) is 13.0 Å². The van der Waals surface area contributed by atoms with Crippen LogP contribution in [-0.4, -0.2) is 17.5 Å². The van der Waals surface area contributed by atoms with Gasteiger partial charge >= 0.3 is 5.97 Å². The van der Waals surface area contributed by atoms with E-state index in [1.165, 1.54) is 19.1 Å². The molecule has 0 aromatic heterocycles. The monoisotopic (exact) mass is 221 g/mol. The van der Waals surface area contributed by atoms with Gasteiger partial charge in [-0.1, -0.05) is 18.2 Å². The Hall–Kier alpha value is -2.01. The lowest BCUT2D eigenvalue weighted by molar-refractivity contribution is -0.116. The van der Waals surface area contributed by atoms with Crippen molar-refractivity contribution in [3.8, 4) is 0 Å². The van der Waals surface area contributed by atoms with Crippen LogP contribution >= 0.6 is 0 Å². The molecule has 16 heavy (non-hydrogen) atoms. The van der Waals surface area contributed by atoms with E-state index < -0.39 is 11.8 Å². The smallest absolute Gasteiger partial charge is 0.357 e. The zero-order valence-electron chi connectivity index (χ0n) is 8.73. The van der Waals surface area contributed by atoms with Crippen molar-refractivity contribution in [2.75, 3.05) is 0 Å². The molecule has 0 radical (unpaired) electrons. The fourth-order valence-electron chi connectivity index (χ4n) is 1.29. The summed E-state index contributed by atoms with van der Waals surface area (Å²) >= 11 is 0. The molecule has 0 aliphatic heterocycles. The molecule has 0 spiro atoms. The summed E-state index contributed by atoms with van der Waals surface area (Å²) in [5.74, 6) is 3.26. The van der Waals surface area contributed by atoms with E-state index in [0.29, 0.717) is 0 Å². The lowest BCUT2D eigenvalue weighted by Gasteiger charge is -2.04. The summed E-state index contributed by atoms with van der Waals surface area (Å²) in [6, 6.07) is 6.05. The topological polar surface area (TPSA) is 86.5 Å². The Bertz CT molecular complexity index is 439. The third kappa shape index (κ3) is 2.74. The standard InChI is InChI=1S/C11H11NO4/c1-7(13)6-10(14)8-4-2-3-5-9(8)11(15)16-12/h2-5H,6,12H2,1H3. The first-order chi connectivity index (χ1) is 7.56. The Morgan fingerprint density at radius 3 is 2.25 bits per heavy atom. The third-order valence-electron chi connectivity index (χ3n) is 1.96. The zero-order chi connectivity index (χ0) is 12.1. The highest BCUT2D eigenvalue weighted by Crippen LogP contribution is 2.12. The van der Waals surface area contributed by atoms with Crippen molar-refractivity contribution >= 4 is 17.5 Å². The molecule has 5 heteroatoms. The summed E-state index contributed by atoms with van der Waals surface area (Å²) in [4.78, 5) is 37.7. The second-order valence-corrected chi connectivity index (χ2v) is 3.25. The van der Waals surface area contributed by atoms with Crippen LogP contribution in [0.25, 0.3) is 0 Å². The fraction of sp³-hybridized carbons (Fsp3) is 0.182. The molecule has 0 saturated carbocycles. The van der Waals surface area contributed by atoms with Gasteiger partial charge in [-0.15, -0.1) is 0 Å². The molecule has 0 saturated heterocycles. The Balaban J connectivity index is 3.08. The second-order valence-electron chi connectivity index (χ2n) is 3.25. The Labute approximate surface area is 92.1 Å². The van der Waals surface area contributed by atoms with Crippen LogP contribution in [0.5, 0.6) is 0 Å². The van der Waals surface area contributed by atoms with Crippen molar-refractivity contribution in [1.29, 1.82) is 0 Å². The zero-order valence-corrected chi connectivity index (χ0v) is 8.73. The van der Waals surface area contributed by atoms with Gasteiger partial charge in [0.25, 0.3) is 0 Å². The number of rotatable bonds is 4. The molecule has 0 fully saturated rings. The van der Waals surface area contributed by atoms with Crippen LogP contribution in [0.3, 0.4) is 0 Å². The molecule has 5 nitrogen and oxygen atoms in total. The number of nitrogens with two attached hydrogens (primary N) is 1. The Morgan fingerprint density at radius 1 is 1.19 bits per heavy atom. The summed E-state index contributed by atoms with van der Waals surface area (Å²) in [5.41, 5.74) is 0.212. The number of benzene rings is 1. The summed E-state index contributed by atoms with van der Waals surface area (Å²) in [5, 5.41) is 0. The number of carbonyl (C=O) groups excluding carboxylic acids is 3. The lowest BCUT2D eigenvalue weighted by Crippen LogP contribution is -2.16. The van der Waals surface area contributed by atoms with E-state index in [-0.39, 0.29) is 23.3 Å². The largest absolute Gasteiger partial charge is 0.370 e. The van der Waals surface area contributed by atoms with Gasteiger partial charge in [-0.25, -0.2) is 4.79 Å². The Morgan fingerprint density at radius 2 is 1.75 bits per heavy atom. The van der Waals surface area contributed by atoms with E-state index in [1.54, 1.807) is 12.1 Å². The molecule has 2 N–H and O–H groups in total. The van der Waals surface area contributed by atoms with E-state index in [1.807, 2.05) is 0 Å². The molecule has 1 aromatic rings. The fourth-order valence-corrected chi connectivity index (χ4v) is 1.29. The SMILES string of the molecule is CC(=O)CC(=O)c1ccccc1C(=O)ON.